The van der Waals surface area contributed by atoms with Gasteiger partial charge >= 0.3 is 0 Å². The van der Waals surface area contributed by atoms with Crippen molar-refractivity contribution >= 4 is 16.6 Å². The van der Waals surface area contributed by atoms with E-state index in [2.05, 4.69) is 0 Å². The number of aromatic nitrogens is 1. The molecule has 0 saturated carbocycles. The van der Waals surface area contributed by atoms with Crippen LogP contribution in [0.2, 0.25) is 0 Å². The Morgan fingerprint density at radius 2 is 1.93 bits per heavy atom. The minimum absolute atomic E-state index is 0.126. The molecular formula is C12H15FN2. The van der Waals surface area contributed by atoms with Crippen LogP contribution in [0.5, 0.6) is 0 Å². The molecule has 2 rings (SSSR count). The van der Waals surface area contributed by atoms with Crippen LogP contribution in [0.25, 0.3) is 10.9 Å². The molecule has 0 saturated heterocycles. The number of fused-ring (bicyclic) bond motifs is 1. The molecule has 0 fully saturated rings. The molecule has 0 spiro atoms. The van der Waals surface area contributed by atoms with Gasteiger partial charge in [-0.1, -0.05) is 0 Å². The van der Waals surface area contributed by atoms with Crippen molar-refractivity contribution in [2.24, 2.45) is 0 Å². The van der Waals surface area contributed by atoms with Gasteiger partial charge < -0.3 is 10.3 Å². The third-order valence-corrected chi connectivity index (χ3v) is 2.48. The number of nitrogen functional groups attached to an aromatic ring is 1. The lowest BCUT2D eigenvalue weighted by Gasteiger charge is -2.22. The molecule has 1 aromatic carbocycles. The molecule has 0 radical (unpaired) electrons. The quantitative estimate of drug-likeness (QED) is 0.660. The minimum Gasteiger partial charge on any atom is -0.399 e. The summed E-state index contributed by atoms with van der Waals surface area (Å²) < 4.78 is 15.7. The van der Waals surface area contributed by atoms with Gasteiger partial charge in [0.05, 0.1) is 5.52 Å². The van der Waals surface area contributed by atoms with E-state index in [1.165, 1.54) is 6.07 Å². The standard InChI is InChI=1S/C12H15FN2/c1-12(2,3)15-5-4-8-6-9(14)7-10(13)11(8)15/h4-7H,14H2,1-3H3. The third-order valence-electron chi connectivity index (χ3n) is 2.48. The number of nitrogens with zero attached hydrogens (tertiary/aromatic N) is 1. The number of rotatable bonds is 0. The van der Waals surface area contributed by atoms with Gasteiger partial charge in [0.25, 0.3) is 0 Å². The summed E-state index contributed by atoms with van der Waals surface area (Å²) in [4.78, 5) is 0. The van der Waals surface area contributed by atoms with Gasteiger partial charge in [0.15, 0.2) is 0 Å². The van der Waals surface area contributed by atoms with Crippen LogP contribution in [0, 0.1) is 5.82 Å². The molecule has 2 N–H and O–H groups in total. The van der Waals surface area contributed by atoms with E-state index in [1.54, 1.807) is 6.07 Å². The molecule has 0 amide bonds. The van der Waals surface area contributed by atoms with E-state index in [0.29, 0.717) is 11.2 Å². The van der Waals surface area contributed by atoms with Crippen molar-refractivity contribution in [3.05, 3.63) is 30.2 Å². The number of halogens is 1. The van der Waals surface area contributed by atoms with E-state index in [0.717, 1.165) is 5.39 Å². The molecule has 0 aliphatic carbocycles. The van der Waals surface area contributed by atoms with Crippen molar-refractivity contribution in [1.82, 2.24) is 4.57 Å². The normalized spacial score (nSPS) is 12.3. The van der Waals surface area contributed by atoms with Crippen LogP contribution in [-0.4, -0.2) is 4.57 Å². The summed E-state index contributed by atoms with van der Waals surface area (Å²) in [7, 11) is 0. The van der Waals surface area contributed by atoms with Crippen LogP contribution < -0.4 is 5.73 Å². The minimum atomic E-state index is -0.259. The first-order valence-corrected chi connectivity index (χ1v) is 4.96. The first-order chi connectivity index (χ1) is 6.89. The van der Waals surface area contributed by atoms with E-state index >= 15 is 0 Å². The second-order valence-electron chi connectivity index (χ2n) is 4.80. The Hall–Kier alpha value is -1.51. The Bertz CT molecular complexity index is 506. The van der Waals surface area contributed by atoms with Crippen LogP contribution in [-0.2, 0) is 5.54 Å². The highest BCUT2D eigenvalue weighted by atomic mass is 19.1. The Kier molecular flexibility index (Phi) is 2.00. The topological polar surface area (TPSA) is 30.9 Å². The van der Waals surface area contributed by atoms with Crippen molar-refractivity contribution in [1.29, 1.82) is 0 Å². The fraction of sp³-hybridized carbons (Fsp3) is 0.333. The highest BCUT2D eigenvalue weighted by molar-refractivity contribution is 5.84. The van der Waals surface area contributed by atoms with Crippen molar-refractivity contribution < 1.29 is 4.39 Å². The van der Waals surface area contributed by atoms with Crippen LogP contribution in [0.3, 0.4) is 0 Å². The Morgan fingerprint density at radius 1 is 1.27 bits per heavy atom. The highest BCUT2D eigenvalue weighted by Gasteiger charge is 2.17. The lowest BCUT2D eigenvalue weighted by molar-refractivity contribution is 0.406. The summed E-state index contributed by atoms with van der Waals surface area (Å²) in [6.07, 6.45) is 1.90. The third kappa shape index (κ3) is 1.58. The average Bonchev–Trinajstić information content (AvgIpc) is 2.45. The summed E-state index contributed by atoms with van der Waals surface area (Å²) in [6, 6.07) is 5.05. The van der Waals surface area contributed by atoms with Gasteiger partial charge in [-0.2, -0.15) is 0 Å². The van der Waals surface area contributed by atoms with Gasteiger partial charge in [-0.3, -0.25) is 0 Å². The number of nitrogens with two attached hydrogens (primary N) is 1. The Morgan fingerprint density at radius 3 is 2.53 bits per heavy atom. The van der Waals surface area contributed by atoms with Crippen molar-refractivity contribution in [3.8, 4) is 0 Å². The lowest BCUT2D eigenvalue weighted by atomic mass is 10.1. The summed E-state index contributed by atoms with van der Waals surface area (Å²) in [5.41, 5.74) is 6.55. The maximum atomic E-state index is 13.8. The summed E-state index contributed by atoms with van der Waals surface area (Å²) >= 11 is 0. The summed E-state index contributed by atoms with van der Waals surface area (Å²) in [6.45, 7) is 6.13. The van der Waals surface area contributed by atoms with Gasteiger partial charge in [-0.05, 0) is 39.0 Å². The maximum absolute atomic E-state index is 13.8. The van der Waals surface area contributed by atoms with E-state index in [1.807, 2.05) is 37.6 Å². The average molecular weight is 206 g/mol. The molecule has 80 valence electrons. The second-order valence-corrected chi connectivity index (χ2v) is 4.80. The summed E-state index contributed by atoms with van der Waals surface area (Å²) in [5.74, 6) is -0.259. The fourth-order valence-corrected chi connectivity index (χ4v) is 1.81. The van der Waals surface area contributed by atoms with Crippen molar-refractivity contribution in [3.63, 3.8) is 0 Å². The second kappa shape index (κ2) is 2.99. The van der Waals surface area contributed by atoms with Crippen LogP contribution in [0.4, 0.5) is 10.1 Å². The highest BCUT2D eigenvalue weighted by Crippen LogP contribution is 2.27. The summed E-state index contributed by atoms with van der Waals surface area (Å²) in [5, 5.41) is 0.849. The maximum Gasteiger partial charge on any atom is 0.149 e. The first-order valence-electron chi connectivity index (χ1n) is 4.96. The Balaban J connectivity index is 2.81. The molecule has 3 heteroatoms. The predicted molar refractivity (Wildman–Crippen MR) is 61.3 cm³/mol. The SMILES string of the molecule is CC(C)(C)n1ccc2cc(N)cc(F)c21. The van der Waals surface area contributed by atoms with E-state index < -0.39 is 0 Å². The predicted octanol–water partition coefficient (Wildman–Crippen LogP) is 3.12. The lowest BCUT2D eigenvalue weighted by Crippen LogP contribution is -2.20. The molecule has 0 bridgehead atoms. The van der Waals surface area contributed by atoms with Gasteiger partial charge in [-0.15, -0.1) is 0 Å². The van der Waals surface area contributed by atoms with E-state index in [9.17, 15) is 4.39 Å². The van der Waals surface area contributed by atoms with E-state index in [-0.39, 0.29) is 11.4 Å². The smallest absolute Gasteiger partial charge is 0.149 e. The van der Waals surface area contributed by atoms with Crippen molar-refractivity contribution in [2.75, 3.05) is 5.73 Å². The molecule has 0 aliphatic heterocycles. The number of hydrogen-bond acceptors (Lipinski definition) is 1. The monoisotopic (exact) mass is 206 g/mol. The molecule has 15 heavy (non-hydrogen) atoms. The van der Waals surface area contributed by atoms with Crippen LogP contribution in [0.15, 0.2) is 24.4 Å². The molecule has 0 aliphatic rings. The van der Waals surface area contributed by atoms with Crippen molar-refractivity contribution in [2.45, 2.75) is 26.3 Å². The fourth-order valence-electron chi connectivity index (χ4n) is 1.81. The Labute approximate surface area is 88.5 Å². The van der Waals surface area contributed by atoms with Crippen LogP contribution in [0.1, 0.15) is 20.8 Å². The van der Waals surface area contributed by atoms with Gasteiger partial charge in [0, 0.05) is 22.8 Å². The number of anilines is 1. The number of hydrogen-bond donors (Lipinski definition) is 1. The molecule has 0 atom stereocenters. The largest absolute Gasteiger partial charge is 0.399 e. The molecule has 1 heterocycles. The van der Waals surface area contributed by atoms with Gasteiger partial charge in [0.1, 0.15) is 5.82 Å². The zero-order valence-electron chi connectivity index (χ0n) is 9.21. The van der Waals surface area contributed by atoms with E-state index in [4.69, 9.17) is 5.73 Å². The first kappa shape index (κ1) is 10.0. The zero-order valence-corrected chi connectivity index (χ0v) is 9.21. The molecular weight excluding hydrogens is 191 g/mol. The number of benzene rings is 1. The molecule has 0 unspecified atom stereocenters. The van der Waals surface area contributed by atoms with Crippen LogP contribution >= 0.6 is 0 Å². The molecule has 2 nitrogen and oxygen atoms in total. The molecule has 2 aromatic rings. The van der Waals surface area contributed by atoms with Gasteiger partial charge in [0.2, 0.25) is 0 Å². The van der Waals surface area contributed by atoms with Gasteiger partial charge in [-0.25, -0.2) is 4.39 Å². The zero-order chi connectivity index (χ0) is 11.2. The molecule has 1 aromatic heterocycles.